The molecule has 0 aliphatic heterocycles. The van der Waals surface area contributed by atoms with Gasteiger partial charge in [0.1, 0.15) is 5.92 Å². The van der Waals surface area contributed by atoms with E-state index in [9.17, 15) is 4.79 Å². The Hall–Kier alpha value is -1.42. The Bertz CT molecular complexity index is 295. The maximum Gasteiger partial charge on any atom is 0.313 e. The highest BCUT2D eigenvalue weighted by Crippen LogP contribution is 2.11. The second-order valence-corrected chi connectivity index (χ2v) is 2.89. The number of aliphatic carboxylic acids is 1. The molecule has 1 heterocycles. The van der Waals surface area contributed by atoms with Gasteiger partial charge in [-0.3, -0.25) is 9.78 Å². The van der Waals surface area contributed by atoms with E-state index in [0.717, 1.165) is 5.56 Å². The van der Waals surface area contributed by atoms with Crippen LogP contribution in [0.5, 0.6) is 0 Å². The van der Waals surface area contributed by atoms with Crippen molar-refractivity contribution < 1.29 is 9.90 Å². The van der Waals surface area contributed by atoms with Crippen LogP contribution in [0.25, 0.3) is 0 Å². The maximum atomic E-state index is 10.7. The molecule has 0 bridgehead atoms. The van der Waals surface area contributed by atoms with Crippen molar-refractivity contribution in [2.75, 3.05) is 6.54 Å². The van der Waals surface area contributed by atoms with Gasteiger partial charge in [0.2, 0.25) is 0 Å². The number of aryl methyl sites for hydroxylation is 1. The van der Waals surface area contributed by atoms with Gasteiger partial charge in [0.25, 0.3) is 0 Å². The molecular formula is C9H12N2O2. The van der Waals surface area contributed by atoms with Crippen molar-refractivity contribution in [2.24, 2.45) is 5.73 Å². The van der Waals surface area contributed by atoms with Crippen molar-refractivity contribution in [2.45, 2.75) is 12.8 Å². The lowest BCUT2D eigenvalue weighted by Gasteiger charge is -2.08. The third-order valence-corrected chi connectivity index (χ3v) is 1.83. The van der Waals surface area contributed by atoms with E-state index in [-0.39, 0.29) is 6.54 Å². The lowest BCUT2D eigenvalue weighted by atomic mass is 10.1. The van der Waals surface area contributed by atoms with Gasteiger partial charge in [0.05, 0.1) is 5.69 Å². The van der Waals surface area contributed by atoms with Crippen LogP contribution in [0, 0.1) is 6.92 Å². The van der Waals surface area contributed by atoms with Gasteiger partial charge in [0, 0.05) is 12.7 Å². The van der Waals surface area contributed by atoms with E-state index in [2.05, 4.69) is 4.98 Å². The maximum absolute atomic E-state index is 10.7. The second-order valence-electron chi connectivity index (χ2n) is 2.89. The lowest BCUT2D eigenvalue weighted by Crippen LogP contribution is -2.22. The summed E-state index contributed by atoms with van der Waals surface area (Å²) in [7, 11) is 0. The van der Waals surface area contributed by atoms with Gasteiger partial charge in [-0.05, 0) is 18.6 Å². The minimum Gasteiger partial charge on any atom is -0.481 e. The van der Waals surface area contributed by atoms with Crippen LogP contribution in [0.15, 0.2) is 18.3 Å². The molecule has 0 aliphatic carbocycles. The number of nitrogens with two attached hydrogens (primary N) is 1. The SMILES string of the molecule is Cc1ccc(C(CN)C(=O)O)nc1. The predicted octanol–water partition coefficient (Wildman–Crippen LogP) is 0.517. The highest BCUT2D eigenvalue weighted by molar-refractivity contribution is 5.75. The van der Waals surface area contributed by atoms with Gasteiger partial charge in [-0.2, -0.15) is 0 Å². The van der Waals surface area contributed by atoms with Crippen molar-refractivity contribution in [3.8, 4) is 0 Å². The molecule has 1 atom stereocenters. The number of nitrogens with zero attached hydrogens (tertiary/aromatic N) is 1. The molecule has 70 valence electrons. The molecule has 13 heavy (non-hydrogen) atoms. The van der Waals surface area contributed by atoms with Crippen molar-refractivity contribution in [3.05, 3.63) is 29.6 Å². The number of hydrogen-bond acceptors (Lipinski definition) is 3. The van der Waals surface area contributed by atoms with Crippen LogP contribution < -0.4 is 5.73 Å². The fraction of sp³-hybridized carbons (Fsp3) is 0.333. The summed E-state index contributed by atoms with van der Waals surface area (Å²) in [5.74, 6) is -1.63. The highest BCUT2D eigenvalue weighted by Gasteiger charge is 2.18. The van der Waals surface area contributed by atoms with Crippen LogP contribution in [-0.2, 0) is 4.79 Å². The number of aromatic nitrogens is 1. The van der Waals surface area contributed by atoms with E-state index >= 15 is 0 Å². The molecule has 0 spiro atoms. The smallest absolute Gasteiger partial charge is 0.313 e. The van der Waals surface area contributed by atoms with E-state index in [1.54, 1.807) is 12.3 Å². The summed E-state index contributed by atoms with van der Waals surface area (Å²) in [6.07, 6.45) is 1.64. The topological polar surface area (TPSA) is 76.2 Å². The van der Waals surface area contributed by atoms with E-state index in [1.165, 1.54) is 0 Å². The van der Waals surface area contributed by atoms with Gasteiger partial charge >= 0.3 is 5.97 Å². The van der Waals surface area contributed by atoms with Crippen LogP contribution in [-0.4, -0.2) is 22.6 Å². The average Bonchev–Trinajstić information content (AvgIpc) is 2.09. The molecule has 4 nitrogen and oxygen atoms in total. The van der Waals surface area contributed by atoms with Crippen LogP contribution in [0.1, 0.15) is 17.2 Å². The number of hydrogen-bond donors (Lipinski definition) is 2. The van der Waals surface area contributed by atoms with Gasteiger partial charge in [-0.25, -0.2) is 0 Å². The fourth-order valence-electron chi connectivity index (χ4n) is 1.03. The van der Waals surface area contributed by atoms with Crippen molar-refractivity contribution >= 4 is 5.97 Å². The summed E-state index contributed by atoms with van der Waals surface area (Å²) in [4.78, 5) is 14.7. The van der Waals surface area contributed by atoms with Crippen molar-refractivity contribution in [1.82, 2.24) is 4.98 Å². The number of carboxylic acids is 1. The minimum absolute atomic E-state index is 0.0748. The van der Waals surface area contributed by atoms with E-state index in [4.69, 9.17) is 10.8 Å². The van der Waals surface area contributed by atoms with Gasteiger partial charge in [-0.15, -0.1) is 0 Å². The molecule has 1 rings (SSSR count). The third kappa shape index (κ3) is 2.26. The summed E-state index contributed by atoms with van der Waals surface area (Å²) in [6.45, 7) is 1.97. The summed E-state index contributed by atoms with van der Waals surface area (Å²) in [6, 6.07) is 3.52. The molecule has 0 aromatic carbocycles. The predicted molar refractivity (Wildman–Crippen MR) is 48.4 cm³/mol. The summed E-state index contributed by atoms with van der Waals surface area (Å²) < 4.78 is 0. The number of rotatable bonds is 3. The van der Waals surface area contributed by atoms with Gasteiger partial charge in [-0.1, -0.05) is 6.07 Å². The van der Waals surface area contributed by atoms with Crippen molar-refractivity contribution in [1.29, 1.82) is 0 Å². The molecule has 0 radical (unpaired) electrons. The molecular weight excluding hydrogens is 168 g/mol. The van der Waals surface area contributed by atoms with Gasteiger partial charge in [0.15, 0.2) is 0 Å². The summed E-state index contributed by atoms with van der Waals surface area (Å²) >= 11 is 0. The zero-order chi connectivity index (χ0) is 9.84. The Morgan fingerprint density at radius 3 is 2.77 bits per heavy atom. The molecule has 0 aliphatic rings. The normalized spacial score (nSPS) is 12.5. The zero-order valence-electron chi connectivity index (χ0n) is 7.40. The van der Waals surface area contributed by atoms with Crippen LogP contribution >= 0.6 is 0 Å². The van der Waals surface area contributed by atoms with Gasteiger partial charge < -0.3 is 10.8 Å². The molecule has 0 fully saturated rings. The average molecular weight is 180 g/mol. The quantitative estimate of drug-likeness (QED) is 0.710. The second kappa shape index (κ2) is 4.00. The first-order valence-corrected chi connectivity index (χ1v) is 4.00. The van der Waals surface area contributed by atoms with Crippen LogP contribution in [0.2, 0.25) is 0 Å². The number of carboxylic acid groups (broad SMARTS) is 1. The molecule has 4 heteroatoms. The van der Waals surface area contributed by atoms with E-state index in [0.29, 0.717) is 5.69 Å². The molecule has 0 saturated heterocycles. The zero-order valence-corrected chi connectivity index (χ0v) is 7.40. The number of pyridine rings is 1. The van der Waals surface area contributed by atoms with Crippen LogP contribution in [0.4, 0.5) is 0 Å². The molecule has 3 N–H and O–H groups in total. The Labute approximate surface area is 76.4 Å². The highest BCUT2D eigenvalue weighted by atomic mass is 16.4. The van der Waals surface area contributed by atoms with E-state index in [1.807, 2.05) is 13.0 Å². The van der Waals surface area contributed by atoms with E-state index < -0.39 is 11.9 Å². The standard InChI is InChI=1S/C9H12N2O2/c1-6-2-3-8(11-5-6)7(4-10)9(12)13/h2-3,5,7H,4,10H2,1H3,(H,12,13). The molecule has 1 aromatic rings. The monoisotopic (exact) mass is 180 g/mol. The van der Waals surface area contributed by atoms with Crippen molar-refractivity contribution in [3.63, 3.8) is 0 Å². The minimum atomic E-state index is -0.932. The fourth-order valence-corrected chi connectivity index (χ4v) is 1.03. The number of carbonyl (C=O) groups is 1. The first-order valence-electron chi connectivity index (χ1n) is 4.00. The molecule has 1 unspecified atom stereocenters. The first-order chi connectivity index (χ1) is 6.15. The third-order valence-electron chi connectivity index (χ3n) is 1.83. The molecule has 1 aromatic heterocycles. The van der Waals surface area contributed by atoms with Crippen LogP contribution in [0.3, 0.4) is 0 Å². The Balaban J connectivity index is 2.92. The Kier molecular flexibility index (Phi) is 2.97. The first kappa shape index (κ1) is 9.67. The summed E-state index contributed by atoms with van der Waals surface area (Å²) in [5.41, 5.74) is 6.84. The largest absolute Gasteiger partial charge is 0.481 e. The summed E-state index contributed by atoms with van der Waals surface area (Å²) in [5, 5.41) is 8.78. The lowest BCUT2D eigenvalue weighted by molar-refractivity contribution is -0.138. The Morgan fingerprint density at radius 1 is 1.69 bits per heavy atom. The molecule has 0 saturated carbocycles. The molecule has 0 amide bonds. The Morgan fingerprint density at radius 2 is 2.38 bits per heavy atom.